The average molecular weight is 319 g/mol. The van der Waals surface area contributed by atoms with E-state index in [4.69, 9.17) is 5.73 Å². The Morgan fingerprint density at radius 3 is 2.91 bits per heavy atom. The van der Waals surface area contributed by atoms with Crippen LogP contribution < -0.4 is 16.6 Å². The average Bonchev–Trinajstić information content (AvgIpc) is 3.04. The van der Waals surface area contributed by atoms with Gasteiger partial charge in [0.05, 0.1) is 22.6 Å². The Morgan fingerprint density at radius 1 is 1.50 bits per heavy atom. The van der Waals surface area contributed by atoms with Gasteiger partial charge in [-0.2, -0.15) is 4.98 Å². The highest BCUT2D eigenvalue weighted by Gasteiger charge is 2.21. The SMILES string of the molecule is Cc1c(C(=O)N[C@H](C)c2nc(N)n[nH]2)sc2nc[nH]c(=O)c12. The maximum absolute atomic E-state index is 12.4. The minimum absolute atomic E-state index is 0.116. The number of fused-ring (bicyclic) bond motifs is 1. The summed E-state index contributed by atoms with van der Waals surface area (Å²) in [6, 6.07) is -0.395. The number of aryl methyl sites for hydroxylation is 1. The highest BCUT2D eigenvalue weighted by molar-refractivity contribution is 7.20. The Labute approximate surface area is 128 Å². The van der Waals surface area contributed by atoms with E-state index in [2.05, 4.69) is 30.5 Å². The number of hydrogen-bond acceptors (Lipinski definition) is 7. The van der Waals surface area contributed by atoms with E-state index < -0.39 is 6.04 Å². The number of aromatic nitrogens is 5. The van der Waals surface area contributed by atoms with Crippen LogP contribution in [0.4, 0.5) is 5.95 Å². The molecule has 0 saturated carbocycles. The number of nitrogen functional groups attached to an aromatic ring is 1. The topological polar surface area (TPSA) is 142 Å². The molecule has 3 aromatic heterocycles. The number of amides is 1. The number of rotatable bonds is 3. The molecule has 0 saturated heterocycles. The van der Waals surface area contributed by atoms with Crippen molar-refractivity contribution in [3.05, 3.63) is 32.9 Å². The van der Waals surface area contributed by atoms with Crippen LogP contribution in [0.25, 0.3) is 10.2 Å². The van der Waals surface area contributed by atoms with Gasteiger partial charge in [-0.15, -0.1) is 16.4 Å². The number of carbonyl (C=O) groups excluding carboxylic acids is 1. The first-order chi connectivity index (χ1) is 10.5. The summed E-state index contributed by atoms with van der Waals surface area (Å²) in [5.41, 5.74) is 5.79. The van der Waals surface area contributed by atoms with E-state index in [0.717, 1.165) is 0 Å². The fraction of sp³-hybridized carbons (Fsp3) is 0.250. The van der Waals surface area contributed by atoms with E-state index in [9.17, 15) is 9.59 Å². The minimum atomic E-state index is -0.395. The molecule has 22 heavy (non-hydrogen) atoms. The number of nitrogens with two attached hydrogens (primary N) is 1. The number of anilines is 1. The second kappa shape index (κ2) is 5.22. The predicted molar refractivity (Wildman–Crippen MR) is 81.7 cm³/mol. The molecule has 0 unspecified atom stereocenters. The standard InChI is InChI=1S/C12H13N7O2S/c1-4-6-9(20)14-3-15-11(6)22-7(4)10(21)16-5(2)8-17-12(13)19-18-8/h3,5H,1-2H3,(H,16,21)(H,14,15,20)(H3,13,17,18,19)/t5-/m1/s1. The van der Waals surface area contributed by atoms with Gasteiger partial charge in [0.25, 0.3) is 11.5 Å². The summed E-state index contributed by atoms with van der Waals surface area (Å²) in [6.07, 6.45) is 1.32. The lowest BCUT2D eigenvalue weighted by Gasteiger charge is -2.10. The fourth-order valence-corrected chi connectivity index (χ4v) is 3.16. The van der Waals surface area contributed by atoms with Crippen molar-refractivity contribution in [2.75, 3.05) is 5.73 Å². The fourth-order valence-electron chi connectivity index (χ4n) is 2.11. The quantitative estimate of drug-likeness (QED) is 0.553. The summed E-state index contributed by atoms with van der Waals surface area (Å²) in [4.78, 5) is 35.8. The molecule has 0 aliphatic carbocycles. The monoisotopic (exact) mass is 319 g/mol. The second-order valence-corrected chi connectivity index (χ2v) is 5.74. The normalized spacial score (nSPS) is 12.5. The van der Waals surface area contributed by atoms with Crippen molar-refractivity contribution < 1.29 is 4.79 Å². The zero-order valence-corrected chi connectivity index (χ0v) is 12.6. The van der Waals surface area contributed by atoms with Crippen LogP contribution in [0.3, 0.4) is 0 Å². The minimum Gasteiger partial charge on any atom is -0.367 e. The third-order valence-corrected chi connectivity index (χ3v) is 4.42. The van der Waals surface area contributed by atoms with E-state index in [-0.39, 0.29) is 17.4 Å². The molecule has 0 spiro atoms. The largest absolute Gasteiger partial charge is 0.367 e. The number of thiophene rings is 1. The number of hydrogen-bond donors (Lipinski definition) is 4. The van der Waals surface area contributed by atoms with Crippen molar-refractivity contribution in [3.8, 4) is 0 Å². The maximum atomic E-state index is 12.4. The first kappa shape index (κ1) is 14.2. The van der Waals surface area contributed by atoms with E-state index in [1.165, 1.54) is 17.7 Å². The zero-order valence-electron chi connectivity index (χ0n) is 11.8. The predicted octanol–water partition coefficient (Wildman–Crippen LogP) is 0.484. The molecule has 3 aromatic rings. The summed E-state index contributed by atoms with van der Waals surface area (Å²) >= 11 is 1.17. The van der Waals surface area contributed by atoms with Gasteiger partial charge in [-0.3, -0.25) is 14.7 Å². The second-order valence-electron chi connectivity index (χ2n) is 4.74. The molecule has 0 radical (unpaired) electrons. The number of aromatic amines is 2. The van der Waals surface area contributed by atoms with Gasteiger partial charge >= 0.3 is 0 Å². The van der Waals surface area contributed by atoms with Gasteiger partial charge in [0.15, 0.2) is 0 Å². The highest BCUT2D eigenvalue weighted by atomic mass is 32.1. The van der Waals surface area contributed by atoms with E-state index in [0.29, 0.717) is 26.5 Å². The molecule has 0 fully saturated rings. The molecule has 0 aliphatic heterocycles. The Morgan fingerprint density at radius 2 is 2.27 bits per heavy atom. The van der Waals surface area contributed by atoms with Crippen LogP contribution in [-0.4, -0.2) is 31.1 Å². The molecule has 9 nitrogen and oxygen atoms in total. The molecular weight excluding hydrogens is 306 g/mol. The van der Waals surface area contributed by atoms with Gasteiger partial charge in [0.2, 0.25) is 5.95 Å². The zero-order chi connectivity index (χ0) is 15.9. The maximum Gasteiger partial charge on any atom is 0.262 e. The number of H-pyrrole nitrogens is 2. The van der Waals surface area contributed by atoms with Crippen LogP contribution in [0.5, 0.6) is 0 Å². The molecule has 114 valence electrons. The molecule has 3 heterocycles. The van der Waals surface area contributed by atoms with Gasteiger partial charge in [0.1, 0.15) is 10.7 Å². The lowest BCUT2D eigenvalue weighted by molar-refractivity contribution is 0.0942. The lowest BCUT2D eigenvalue weighted by atomic mass is 10.2. The van der Waals surface area contributed by atoms with Gasteiger partial charge in [0, 0.05) is 0 Å². The first-order valence-corrected chi connectivity index (χ1v) is 7.24. The number of carbonyl (C=O) groups is 1. The van der Waals surface area contributed by atoms with Crippen LogP contribution >= 0.6 is 11.3 Å². The summed E-state index contributed by atoms with van der Waals surface area (Å²) in [5.74, 6) is 0.271. The van der Waals surface area contributed by atoms with Crippen LogP contribution in [0.1, 0.15) is 34.0 Å². The van der Waals surface area contributed by atoms with E-state index in [1.807, 2.05) is 0 Å². The third kappa shape index (κ3) is 2.33. The van der Waals surface area contributed by atoms with Crippen molar-refractivity contribution in [2.45, 2.75) is 19.9 Å². The lowest BCUT2D eigenvalue weighted by Crippen LogP contribution is -2.27. The molecule has 1 atom stereocenters. The Bertz CT molecular complexity index is 910. The van der Waals surface area contributed by atoms with Gasteiger partial charge in [-0.1, -0.05) is 0 Å². The summed E-state index contributed by atoms with van der Waals surface area (Å²) in [7, 11) is 0. The van der Waals surface area contributed by atoms with Crippen LogP contribution in [0.2, 0.25) is 0 Å². The first-order valence-electron chi connectivity index (χ1n) is 6.42. The molecule has 0 aromatic carbocycles. The van der Waals surface area contributed by atoms with E-state index >= 15 is 0 Å². The summed E-state index contributed by atoms with van der Waals surface area (Å²) in [6.45, 7) is 3.48. The molecule has 5 N–H and O–H groups in total. The van der Waals surface area contributed by atoms with Crippen LogP contribution in [0.15, 0.2) is 11.1 Å². The smallest absolute Gasteiger partial charge is 0.262 e. The van der Waals surface area contributed by atoms with Gasteiger partial charge < -0.3 is 16.0 Å². The van der Waals surface area contributed by atoms with Gasteiger partial charge in [-0.05, 0) is 19.4 Å². The highest BCUT2D eigenvalue weighted by Crippen LogP contribution is 2.26. The van der Waals surface area contributed by atoms with Crippen molar-refractivity contribution in [1.29, 1.82) is 0 Å². The van der Waals surface area contributed by atoms with Crippen molar-refractivity contribution in [3.63, 3.8) is 0 Å². The van der Waals surface area contributed by atoms with Gasteiger partial charge in [-0.25, -0.2) is 4.98 Å². The number of nitrogens with zero attached hydrogens (tertiary/aromatic N) is 3. The molecule has 10 heteroatoms. The molecule has 1 amide bonds. The molecule has 0 bridgehead atoms. The summed E-state index contributed by atoms with van der Waals surface area (Å²) in [5, 5.41) is 9.60. The van der Waals surface area contributed by atoms with Crippen LogP contribution in [-0.2, 0) is 0 Å². The Kier molecular flexibility index (Phi) is 3.37. The van der Waals surface area contributed by atoms with Crippen molar-refractivity contribution >= 4 is 33.4 Å². The molecule has 3 rings (SSSR count). The number of nitrogens with one attached hydrogen (secondary N) is 3. The third-order valence-electron chi connectivity index (χ3n) is 3.22. The van der Waals surface area contributed by atoms with E-state index in [1.54, 1.807) is 13.8 Å². The Balaban J connectivity index is 1.91. The van der Waals surface area contributed by atoms with Crippen LogP contribution in [0, 0.1) is 6.92 Å². The van der Waals surface area contributed by atoms with Crippen molar-refractivity contribution in [1.82, 2.24) is 30.5 Å². The molecule has 0 aliphatic rings. The summed E-state index contributed by atoms with van der Waals surface area (Å²) < 4.78 is 0. The van der Waals surface area contributed by atoms with Crippen molar-refractivity contribution in [2.24, 2.45) is 0 Å². The Hall–Kier alpha value is -2.75. The molecular formula is C12H13N7O2S.